The van der Waals surface area contributed by atoms with Gasteiger partial charge in [-0.1, -0.05) is 24.3 Å². The Morgan fingerprint density at radius 2 is 1.89 bits per heavy atom. The highest BCUT2D eigenvalue weighted by Crippen LogP contribution is 2.08. The van der Waals surface area contributed by atoms with Crippen molar-refractivity contribution in [3.63, 3.8) is 0 Å². The molecular weight excluding hydrogens is 352 g/mol. The molecule has 0 atom stereocenters. The SMILES string of the molecule is CCNC(=NCCCOc1ccccc1)NCCCc1nnc2ccccn12. The van der Waals surface area contributed by atoms with Crippen LogP contribution in [0.5, 0.6) is 5.75 Å². The number of rotatable bonds is 10. The fourth-order valence-corrected chi connectivity index (χ4v) is 2.82. The van der Waals surface area contributed by atoms with E-state index in [0.717, 1.165) is 62.1 Å². The summed E-state index contributed by atoms with van der Waals surface area (Å²) in [4.78, 5) is 4.61. The lowest BCUT2D eigenvalue weighted by atomic mass is 10.3. The highest BCUT2D eigenvalue weighted by Gasteiger charge is 2.04. The lowest BCUT2D eigenvalue weighted by molar-refractivity contribution is 0.313. The van der Waals surface area contributed by atoms with Gasteiger partial charge in [0.25, 0.3) is 0 Å². The average molecular weight is 380 g/mol. The number of hydrogen-bond acceptors (Lipinski definition) is 4. The molecule has 0 saturated carbocycles. The van der Waals surface area contributed by atoms with Gasteiger partial charge >= 0.3 is 0 Å². The third-order valence-corrected chi connectivity index (χ3v) is 4.18. The first kappa shape index (κ1) is 19.7. The van der Waals surface area contributed by atoms with Crippen molar-refractivity contribution in [3.8, 4) is 5.75 Å². The van der Waals surface area contributed by atoms with E-state index in [0.29, 0.717) is 6.61 Å². The van der Waals surface area contributed by atoms with E-state index in [9.17, 15) is 0 Å². The van der Waals surface area contributed by atoms with Gasteiger partial charge in [-0.05, 0) is 37.6 Å². The van der Waals surface area contributed by atoms with Crippen LogP contribution in [0, 0.1) is 0 Å². The molecule has 7 heteroatoms. The van der Waals surface area contributed by atoms with Crippen LogP contribution in [0.25, 0.3) is 5.65 Å². The zero-order valence-electron chi connectivity index (χ0n) is 16.3. The highest BCUT2D eigenvalue weighted by molar-refractivity contribution is 5.79. The molecule has 148 valence electrons. The fraction of sp³-hybridized carbons (Fsp3) is 0.381. The monoisotopic (exact) mass is 380 g/mol. The summed E-state index contributed by atoms with van der Waals surface area (Å²) in [5.41, 5.74) is 0.887. The van der Waals surface area contributed by atoms with Crippen molar-refractivity contribution >= 4 is 11.6 Å². The van der Waals surface area contributed by atoms with Crippen molar-refractivity contribution in [2.75, 3.05) is 26.2 Å². The van der Waals surface area contributed by atoms with Gasteiger partial charge in [-0.25, -0.2) is 0 Å². The van der Waals surface area contributed by atoms with Crippen LogP contribution in [0.4, 0.5) is 0 Å². The normalized spacial score (nSPS) is 11.5. The average Bonchev–Trinajstić information content (AvgIpc) is 3.15. The van der Waals surface area contributed by atoms with Gasteiger partial charge in [0, 0.05) is 38.7 Å². The molecule has 0 bridgehead atoms. The van der Waals surface area contributed by atoms with Crippen LogP contribution >= 0.6 is 0 Å². The maximum atomic E-state index is 5.70. The summed E-state index contributed by atoms with van der Waals surface area (Å²) in [6.45, 7) is 5.11. The molecule has 2 N–H and O–H groups in total. The molecule has 7 nitrogen and oxygen atoms in total. The number of nitrogens with one attached hydrogen (secondary N) is 2. The number of aliphatic imine (C=N–C) groups is 1. The van der Waals surface area contributed by atoms with Crippen LogP contribution in [-0.4, -0.2) is 46.8 Å². The first-order valence-electron chi connectivity index (χ1n) is 9.85. The molecule has 0 radical (unpaired) electrons. The van der Waals surface area contributed by atoms with Crippen molar-refractivity contribution in [1.29, 1.82) is 0 Å². The van der Waals surface area contributed by atoms with Crippen molar-refractivity contribution in [1.82, 2.24) is 25.2 Å². The van der Waals surface area contributed by atoms with E-state index < -0.39 is 0 Å². The zero-order valence-corrected chi connectivity index (χ0v) is 16.3. The van der Waals surface area contributed by atoms with Gasteiger partial charge in [0.1, 0.15) is 11.6 Å². The minimum absolute atomic E-state index is 0.660. The minimum atomic E-state index is 0.660. The molecule has 3 aromatic rings. The van der Waals surface area contributed by atoms with Crippen LogP contribution in [-0.2, 0) is 6.42 Å². The van der Waals surface area contributed by atoms with Gasteiger partial charge in [-0.15, -0.1) is 10.2 Å². The lowest BCUT2D eigenvalue weighted by Crippen LogP contribution is -2.38. The summed E-state index contributed by atoms with van der Waals surface area (Å²) in [6, 6.07) is 15.8. The highest BCUT2D eigenvalue weighted by atomic mass is 16.5. The summed E-state index contributed by atoms with van der Waals surface area (Å²) in [6.07, 6.45) is 4.69. The van der Waals surface area contributed by atoms with Crippen LogP contribution in [0.15, 0.2) is 59.7 Å². The third-order valence-electron chi connectivity index (χ3n) is 4.18. The standard InChI is InChI=1S/C21H28N6O/c1-2-22-21(24-15-9-17-28-18-10-4-3-5-11-18)23-14-8-13-20-26-25-19-12-6-7-16-27(19)20/h3-7,10-12,16H,2,8-9,13-15,17H2,1H3,(H2,22,23,24). The maximum Gasteiger partial charge on any atom is 0.191 e. The first-order chi connectivity index (χ1) is 13.9. The number of hydrogen-bond donors (Lipinski definition) is 2. The Bertz CT molecular complexity index is 861. The predicted octanol–water partition coefficient (Wildman–Crippen LogP) is 2.69. The summed E-state index contributed by atoms with van der Waals surface area (Å²) in [5, 5.41) is 15.1. The molecule has 0 aliphatic carbocycles. The number of ether oxygens (including phenoxy) is 1. The van der Waals surface area contributed by atoms with E-state index in [2.05, 4.69) is 32.7 Å². The minimum Gasteiger partial charge on any atom is -0.494 e. The van der Waals surface area contributed by atoms with E-state index in [1.807, 2.05) is 59.1 Å². The van der Waals surface area contributed by atoms with Crippen LogP contribution in [0.2, 0.25) is 0 Å². The molecule has 0 aliphatic heterocycles. The van der Waals surface area contributed by atoms with Crippen LogP contribution in [0.3, 0.4) is 0 Å². The number of benzene rings is 1. The molecule has 0 spiro atoms. The number of guanidine groups is 1. The quantitative estimate of drug-likeness (QED) is 0.321. The fourth-order valence-electron chi connectivity index (χ4n) is 2.82. The molecule has 2 heterocycles. The van der Waals surface area contributed by atoms with E-state index in [1.54, 1.807) is 0 Å². The Balaban J connectivity index is 1.37. The summed E-state index contributed by atoms with van der Waals surface area (Å²) >= 11 is 0. The number of aryl methyl sites for hydroxylation is 1. The molecular formula is C21H28N6O. The summed E-state index contributed by atoms with van der Waals surface area (Å²) in [7, 11) is 0. The van der Waals surface area contributed by atoms with Gasteiger partial charge in [0.15, 0.2) is 11.6 Å². The Kier molecular flexibility index (Phi) is 7.67. The molecule has 1 aromatic carbocycles. The van der Waals surface area contributed by atoms with E-state index in [1.165, 1.54) is 0 Å². The second kappa shape index (κ2) is 10.9. The van der Waals surface area contributed by atoms with Crippen molar-refractivity contribution in [2.45, 2.75) is 26.2 Å². The molecule has 0 amide bonds. The Labute approximate surface area is 165 Å². The van der Waals surface area contributed by atoms with Gasteiger partial charge in [0.05, 0.1) is 6.61 Å². The molecule has 0 saturated heterocycles. The van der Waals surface area contributed by atoms with E-state index in [4.69, 9.17) is 4.74 Å². The molecule has 3 rings (SSSR count). The Morgan fingerprint density at radius 1 is 1.04 bits per heavy atom. The predicted molar refractivity (Wildman–Crippen MR) is 112 cm³/mol. The molecule has 0 unspecified atom stereocenters. The molecule has 28 heavy (non-hydrogen) atoms. The number of nitrogens with zero attached hydrogens (tertiary/aromatic N) is 4. The van der Waals surface area contributed by atoms with E-state index in [-0.39, 0.29) is 0 Å². The second-order valence-electron chi connectivity index (χ2n) is 6.35. The van der Waals surface area contributed by atoms with Gasteiger partial charge in [-0.3, -0.25) is 9.39 Å². The number of fused-ring (bicyclic) bond motifs is 1. The smallest absolute Gasteiger partial charge is 0.191 e. The largest absolute Gasteiger partial charge is 0.494 e. The van der Waals surface area contributed by atoms with Crippen molar-refractivity contribution in [3.05, 3.63) is 60.6 Å². The summed E-state index contributed by atoms with van der Waals surface area (Å²) in [5.74, 6) is 2.73. The van der Waals surface area contributed by atoms with Gasteiger partial charge in [-0.2, -0.15) is 0 Å². The summed E-state index contributed by atoms with van der Waals surface area (Å²) < 4.78 is 7.73. The number of pyridine rings is 1. The van der Waals surface area contributed by atoms with Crippen molar-refractivity contribution < 1.29 is 4.74 Å². The number of para-hydroxylation sites is 1. The third kappa shape index (κ3) is 5.97. The lowest BCUT2D eigenvalue weighted by Gasteiger charge is -2.11. The zero-order chi connectivity index (χ0) is 19.4. The molecule has 2 aromatic heterocycles. The number of aromatic nitrogens is 3. The van der Waals surface area contributed by atoms with Gasteiger partial charge in [0.2, 0.25) is 0 Å². The maximum absolute atomic E-state index is 5.70. The van der Waals surface area contributed by atoms with Crippen LogP contribution < -0.4 is 15.4 Å². The first-order valence-corrected chi connectivity index (χ1v) is 9.85. The van der Waals surface area contributed by atoms with Gasteiger partial charge < -0.3 is 15.4 Å². The Morgan fingerprint density at radius 3 is 2.75 bits per heavy atom. The van der Waals surface area contributed by atoms with Crippen molar-refractivity contribution in [2.24, 2.45) is 4.99 Å². The molecule has 0 fully saturated rings. The van der Waals surface area contributed by atoms with Crippen LogP contribution in [0.1, 0.15) is 25.6 Å². The second-order valence-corrected chi connectivity index (χ2v) is 6.35. The molecule has 0 aliphatic rings. The van der Waals surface area contributed by atoms with E-state index >= 15 is 0 Å². The Hall–Kier alpha value is -3.09. The topological polar surface area (TPSA) is 75.8 Å².